The maximum Gasteiger partial charge on any atom is 0.119 e. The summed E-state index contributed by atoms with van der Waals surface area (Å²) in [5.74, 6) is 1.96. The topological polar surface area (TPSA) is 32.3 Å². The molecule has 4 atom stereocenters. The summed E-state index contributed by atoms with van der Waals surface area (Å²) in [7, 11) is 0. The number of rotatable bonds is 0. The van der Waals surface area contributed by atoms with Crippen LogP contribution in [0, 0.1) is 11.8 Å². The van der Waals surface area contributed by atoms with Gasteiger partial charge in [0.1, 0.15) is 5.75 Å². The second-order valence-corrected chi connectivity index (χ2v) is 7.16. The molecular weight excluding hydrogens is 246 g/mol. The molecule has 1 saturated carbocycles. The van der Waals surface area contributed by atoms with Crippen molar-refractivity contribution >= 4 is 0 Å². The molecule has 2 aliphatic carbocycles. The Kier molecular flexibility index (Phi) is 2.85. The van der Waals surface area contributed by atoms with E-state index >= 15 is 0 Å². The van der Waals surface area contributed by atoms with E-state index in [9.17, 15) is 5.11 Å². The first-order valence-corrected chi connectivity index (χ1v) is 8.28. The fourth-order valence-electron chi connectivity index (χ4n) is 5.60. The second-order valence-electron chi connectivity index (χ2n) is 7.16. The Morgan fingerprint density at radius 2 is 2.10 bits per heavy atom. The largest absolute Gasteiger partial charge is 0.508 e. The van der Waals surface area contributed by atoms with E-state index in [-0.39, 0.29) is 5.41 Å². The van der Waals surface area contributed by atoms with Crippen LogP contribution in [-0.4, -0.2) is 17.7 Å². The van der Waals surface area contributed by atoms with Gasteiger partial charge in [-0.3, -0.25) is 0 Å². The second kappa shape index (κ2) is 4.49. The van der Waals surface area contributed by atoms with Crippen molar-refractivity contribution in [3.63, 3.8) is 0 Å². The smallest absolute Gasteiger partial charge is 0.119 e. The Morgan fingerprint density at radius 3 is 3.00 bits per heavy atom. The average molecular weight is 271 g/mol. The van der Waals surface area contributed by atoms with E-state index in [0.717, 1.165) is 18.9 Å². The van der Waals surface area contributed by atoms with Crippen LogP contribution >= 0.6 is 0 Å². The molecule has 2 fully saturated rings. The van der Waals surface area contributed by atoms with Crippen LogP contribution in [0.5, 0.6) is 5.75 Å². The zero-order chi connectivity index (χ0) is 13.7. The quantitative estimate of drug-likeness (QED) is 0.758. The van der Waals surface area contributed by atoms with Gasteiger partial charge >= 0.3 is 0 Å². The molecule has 0 radical (unpaired) electrons. The van der Waals surface area contributed by atoms with Gasteiger partial charge in [0.2, 0.25) is 0 Å². The lowest BCUT2D eigenvalue weighted by atomic mass is 9.52. The van der Waals surface area contributed by atoms with Gasteiger partial charge in [0.25, 0.3) is 0 Å². The van der Waals surface area contributed by atoms with Gasteiger partial charge in [0.05, 0.1) is 0 Å². The fraction of sp³-hybridized carbons (Fsp3) is 0.667. The van der Waals surface area contributed by atoms with E-state index in [2.05, 4.69) is 18.3 Å². The Hall–Kier alpha value is -1.02. The fourth-order valence-corrected chi connectivity index (χ4v) is 5.60. The van der Waals surface area contributed by atoms with Gasteiger partial charge in [-0.25, -0.2) is 0 Å². The highest BCUT2D eigenvalue weighted by molar-refractivity contribution is 5.49. The monoisotopic (exact) mass is 271 g/mol. The Balaban J connectivity index is 1.96. The van der Waals surface area contributed by atoms with E-state index in [0.29, 0.717) is 17.7 Å². The minimum atomic E-state index is 0.228. The van der Waals surface area contributed by atoms with Crippen molar-refractivity contribution in [1.29, 1.82) is 0 Å². The zero-order valence-corrected chi connectivity index (χ0v) is 12.4. The van der Waals surface area contributed by atoms with Crippen molar-refractivity contribution in [1.82, 2.24) is 5.32 Å². The van der Waals surface area contributed by atoms with Gasteiger partial charge in [-0.05, 0) is 55.7 Å². The lowest BCUT2D eigenvalue weighted by molar-refractivity contribution is 0.0756. The van der Waals surface area contributed by atoms with Crippen LogP contribution in [-0.2, 0) is 11.8 Å². The molecule has 1 aromatic rings. The van der Waals surface area contributed by atoms with Crippen LogP contribution in [0.15, 0.2) is 18.2 Å². The van der Waals surface area contributed by atoms with Crippen LogP contribution in [0.2, 0.25) is 0 Å². The number of phenolic OH excluding ortho intramolecular Hbond substituents is 1. The van der Waals surface area contributed by atoms with Crippen molar-refractivity contribution < 1.29 is 5.11 Å². The number of aromatic hydroxyl groups is 1. The summed E-state index contributed by atoms with van der Waals surface area (Å²) in [4.78, 5) is 0. The summed E-state index contributed by atoms with van der Waals surface area (Å²) >= 11 is 0. The number of piperidine rings is 1. The third-order valence-electron chi connectivity index (χ3n) is 6.41. The van der Waals surface area contributed by atoms with Crippen molar-refractivity contribution in [2.75, 3.05) is 6.54 Å². The van der Waals surface area contributed by atoms with Crippen LogP contribution in [0.25, 0.3) is 0 Å². The molecular formula is C18H25NO. The van der Waals surface area contributed by atoms with Crippen molar-refractivity contribution in [3.05, 3.63) is 29.3 Å². The molecule has 2 heteroatoms. The van der Waals surface area contributed by atoms with Crippen LogP contribution in [0.3, 0.4) is 0 Å². The Bertz CT molecular complexity index is 526. The summed E-state index contributed by atoms with van der Waals surface area (Å²) in [6.07, 6.45) is 7.66. The first-order chi connectivity index (χ1) is 9.73. The molecule has 20 heavy (non-hydrogen) atoms. The number of fused-ring (bicyclic) bond motifs is 1. The molecule has 4 unspecified atom stereocenters. The van der Waals surface area contributed by atoms with Crippen LogP contribution < -0.4 is 5.32 Å². The molecule has 1 aromatic carbocycles. The molecule has 108 valence electrons. The predicted molar refractivity (Wildman–Crippen MR) is 81.0 cm³/mol. The first-order valence-electron chi connectivity index (χ1n) is 8.28. The third kappa shape index (κ3) is 1.54. The molecule has 0 spiro atoms. The Labute approximate surface area is 121 Å². The normalized spacial score (nSPS) is 39.5. The van der Waals surface area contributed by atoms with Crippen molar-refractivity contribution in [2.45, 2.75) is 56.9 Å². The number of benzene rings is 1. The number of hydrogen-bond acceptors (Lipinski definition) is 2. The maximum absolute atomic E-state index is 10.6. The van der Waals surface area contributed by atoms with Crippen LogP contribution in [0.4, 0.5) is 0 Å². The van der Waals surface area contributed by atoms with Gasteiger partial charge < -0.3 is 10.4 Å². The van der Waals surface area contributed by atoms with E-state index in [4.69, 9.17) is 0 Å². The summed E-state index contributed by atoms with van der Waals surface area (Å²) in [5, 5.41) is 14.4. The molecule has 2 nitrogen and oxygen atoms in total. The summed E-state index contributed by atoms with van der Waals surface area (Å²) in [5.41, 5.74) is 2.94. The molecule has 2 bridgehead atoms. The molecule has 0 amide bonds. The summed E-state index contributed by atoms with van der Waals surface area (Å²) < 4.78 is 0. The van der Waals surface area contributed by atoms with E-state index in [1.807, 2.05) is 12.1 Å². The standard InChI is InChI=1S/C18H25NO/c1-12-5-2-3-7-14-15-11-13-6-4-8-16(20)17(13)18(12,14)9-10-19-15/h4,6,8,12,14-15,19-20H,2-3,5,7,9-11H2,1H3. The first kappa shape index (κ1) is 12.7. The molecule has 1 saturated heterocycles. The lowest BCUT2D eigenvalue weighted by Crippen LogP contribution is -2.60. The maximum atomic E-state index is 10.6. The van der Waals surface area contributed by atoms with Gasteiger partial charge in [-0.2, -0.15) is 0 Å². The molecule has 2 N–H and O–H groups in total. The Morgan fingerprint density at radius 1 is 1.25 bits per heavy atom. The number of hydrogen-bond donors (Lipinski definition) is 2. The lowest BCUT2D eigenvalue weighted by Gasteiger charge is -2.55. The van der Waals surface area contributed by atoms with Gasteiger partial charge in [-0.1, -0.05) is 31.9 Å². The van der Waals surface area contributed by atoms with Crippen molar-refractivity contribution in [3.8, 4) is 5.75 Å². The van der Waals surface area contributed by atoms with Gasteiger partial charge in [-0.15, -0.1) is 0 Å². The summed E-state index contributed by atoms with van der Waals surface area (Å²) in [6, 6.07) is 6.79. The number of nitrogens with one attached hydrogen (secondary N) is 1. The summed E-state index contributed by atoms with van der Waals surface area (Å²) in [6.45, 7) is 3.54. The van der Waals surface area contributed by atoms with Gasteiger partial charge in [0.15, 0.2) is 0 Å². The third-order valence-corrected chi connectivity index (χ3v) is 6.41. The highest BCUT2D eigenvalue weighted by atomic mass is 16.3. The zero-order valence-electron chi connectivity index (χ0n) is 12.4. The van der Waals surface area contributed by atoms with Crippen molar-refractivity contribution in [2.24, 2.45) is 11.8 Å². The molecule has 1 heterocycles. The highest BCUT2D eigenvalue weighted by Crippen LogP contribution is 2.57. The van der Waals surface area contributed by atoms with E-state index < -0.39 is 0 Å². The molecule has 0 aromatic heterocycles. The van der Waals surface area contributed by atoms with E-state index in [1.54, 1.807) is 0 Å². The van der Waals surface area contributed by atoms with Gasteiger partial charge in [0, 0.05) is 17.0 Å². The molecule has 3 aliphatic rings. The SMILES string of the molecule is CC1CCCCC2C3Cc4cccc(O)c4C12CCN3. The molecule has 1 aliphatic heterocycles. The highest BCUT2D eigenvalue weighted by Gasteiger charge is 2.54. The minimum Gasteiger partial charge on any atom is -0.508 e. The average Bonchev–Trinajstić information content (AvgIpc) is 2.60. The van der Waals surface area contributed by atoms with Crippen LogP contribution in [0.1, 0.15) is 50.2 Å². The minimum absolute atomic E-state index is 0.228. The molecule has 4 rings (SSSR count). The predicted octanol–water partition coefficient (Wildman–Crippen LogP) is 3.37. The van der Waals surface area contributed by atoms with E-state index in [1.165, 1.54) is 43.2 Å². The number of phenols is 1.